The van der Waals surface area contributed by atoms with Crippen molar-refractivity contribution in [1.29, 1.82) is 0 Å². The van der Waals surface area contributed by atoms with Gasteiger partial charge in [0, 0.05) is 38.6 Å². The number of nitrogens with zero attached hydrogens (tertiary/aromatic N) is 2. The first kappa shape index (κ1) is 20.6. The topological polar surface area (TPSA) is 56.7 Å². The summed E-state index contributed by atoms with van der Waals surface area (Å²) >= 11 is 0. The number of rotatable bonds is 5. The van der Waals surface area contributed by atoms with Gasteiger partial charge in [-0.05, 0) is 42.9 Å². The number of guanidine groups is 1. The van der Waals surface area contributed by atoms with E-state index in [1.807, 2.05) is 11.8 Å². The van der Waals surface area contributed by atoms with Crippen molar-refractivity contribution in [3.8, 4) is 0 Å². The summed E-state index contributed by atoms with van der Waals surface area (Å²) in [6.07, 6.45) is 5.28. The lowest BCUT2D eigenvalue weighted by molar-refractivity contribution is -0.134. The summed E-state index contributed by atoms with van der Waals surface area (Å²) in [6.45, 7) is 3.98. The Morgan fingerprint density at radius 1 is 1.25 bits per heavy atom. The van der Waals surface area contributed by atoms with Crippen LogP contribution in [0.25, 0.3) is 0 Å². The molecule has 2 atom stereocenters. The van der Waals surface area contributed by atoms with Gasteiger partial charge in [-0.15, -0.1) is 0 Å². The largest absolute Gasteiger partial charge is 0.356 e. The third-order valence-corrected chi connectivity index (χ3v) is 5.86. The normalized spacial score (nSPS) is 21.8. The van der Waals surface area contributed by atoms with Crippen LogP contribution in [0.3, 0.4) is 0 Å². The van der Waals surface area contributed by atoms with Gasteiger partial charge < -0.3 is 15.5 Å². The minimum atomic E-state index is -0.834. The number of nitrogens with one attached hydrogen (secondary N) is 2. The summed E-state index contributed by atoms with van der Waals surface area (Å²) < 4.78 is 26.5. The molecule has 3 rings (SSSR count). The van der Waals surface area contributed by atoms with E-state index in [1.165, 1.54) is 18.9 Å². The number of carbonyl (C=O) groups is 1. The summed E-state index contributed by atoms with van der Waals surface area (Å²) in [7, 11) is 1.70. The van der Waals surface area contributed by atoms with Crippen LogP contribution < -0.4 is 10.6 Å². The van der Waals surface area contributed by atoms with Crippen molar-refractivity contribution in [1.82, 2.24) is 15.5 Å². The lowest BCUT2D eigenvalue weighted by atomic mass is 10.0. The first-order valence-electron chi connectivity index (χ1n) is 10.2. The third-order valence-electron chi connectivity index (χ3n) is 5.86. The molecule has 1 saturated carbocycles. The zero-order chi connectivity index (χ0) is 20.1. The highest BCUT2D eigenvalue weighted by molar-refractivity contribution is 5.81. The van der Waals surface area contributed by atoms with E-state index in [0.717, 1.165) is 37.4 Å². The average molecular weight is 392 g/mol. The lowest BCUT2D eigenvalue weighted by Crippen LogP contribution is -2.46. The van der Waals surface area contributed by atoms with Crippen molar-refractivity contribution in [3.05, 3.63) is 35.4 Å². The molecule has 1 aromatic carbocycles. The molecule has 1 saturated heterocycles. The molecule has 2 aliphatic rings. The molecule has 5 nitrogen and oxygen atoms in total. The lowest BCUT2D eigenvalue weighted by Gasteiger charge is -2.22. The molecule has 0 spiro atoms. The van der Waals surface area contributed by atoms with Crippen molar-refractivity contribution >= 4 is 11.9 Å². The minimum Gasteiger partial charge on any atom is -0.356 e. The Morgan fingerprint density at radius 2 is 2.00 bits per heavy atom. The Kier molecular flexibility index (Phi) is 6.86. The molecule has 2 fully saturated rings. The summed E-state index contributed by atoms with van der Waals surface area (Å²) in [5, 5.41) is 6.63. The van der Waals surface area contributed by atoms with Gasteiger partial charge >= 0.3 is 0 Å². The van der Waals surface area contributed by atoms with Gasteiger partial charge in [0.15, 0.2) is 17.6 Å². The van der Waals surface area contributed by atoms with Gasteiger partial charge in [-0.1, -0.05) is 25.8 Å². The average Bonchev–Trinajstić information content (AvgIpc) is 3.38. The molecule has 1 amide bonds. The second-order valence-electron chi connectivity index (χ2n) is 7.92. The standard InChI is InChI=1S/C21H30F2N4O/c1-14(16-7-8-18(22)19(23)11-16)12-25-21(24-2)26-17-9-10-27(13-17)20(28)15-5-3-4-6-15/h7-8,11,14-15,17H,3-6,9-10,12-13H2,1-2H3,(H2,24,25,26). The van der Waals surface area contributed by atoms with Crippen molar-refractivity contribution in [2.45, 2.75) is 51.0 Å². The molecule has 0 bridgehead atoms. The second kappa shape index (κ2) is 9.34. The highest BCUT2D eigenvalue weighted by Crippen LogP contribution is 2.27. The van der Waals surface area contributed by atoms with E-state index >= 15 is 0 Å². The predicted octanol–water partition coefficient (Wildman–Crippen LogP) is 3.02. The highest BCUT2D eigenvalue weighted by Gasteiger charge is 2.32. The maximum atomic E-state index is 13.4. The fourth-order valence-electron chi connectivity index (χ4n) is 4.08. The van der Waals surface area contributed by atoms with Crippen LogP contribution in [0.5, 0.6) is 0 Å². The second-order valence-corrected chi connectivity index (χ2v) is 7.92. The number of aliphatic imine (C=N–C) groups is 1. The Bertz CT molecular complexity index is 718. The molecule has 0 radical (unpaired) electrons. The number of hydrogen-bond acceptors (Lipinski definition) is 2. The van der Waals surface area contributed by atoms with Gasteiger partial charge in [0.25, 0.3) is 0 Å². The quantitative estimate of drug-likeness (QED) is 0.598. The predicted molar refractivity (Wildman–Crippen MR) is 106 cm³/mol. The molecule has 7 heteroatoms. The summed E-state index contributed by atoms with van der Waals surface area (Å²) in [6, 6.07) is 4.17. The van der Waals surface area contributed by atoms with Crippen molar-refractivity contribution in [2.24, 2.45) is 10.9 Å². The van der Waals surface area contributed by atoms with Crippen LogP contribution in [-0.4, -0.2) is 49.5 Å². The number of carbonyl (C=O) groups excluding carboxylic acids is 1. The number of likely N-dealkylation sites (tertiary alicyclic amines) is 1. The Balaban J connectivity index is 1.46. The van der Waals surface area contributed by atoms with E-state index < -0.39 is 11.6 Å². The van der Waals surface area contributed by atoms with Crippen LogP contribution in [0.15, 0.2) is 23.2 Å². The summed E-state index contributed by atoms with van der Waals surface area (Å²) in [5.41, 5.74) is 0.732. The van der Waals surface area contributed by atoms with Gasteiger partial charge in [0.1, 0.15) is 0 Å². The molecule has 1 aromatic rings. The SMILES string of the molecule is CN=C(NCC(C)c1ccc(F)c(F)c1)NC1CCN(C(=O)C2CCCC2)C1. The number of hydrogen-bond donors (Lipinski definition) is 2. The molecule has 1 heterocycles. The van der Waals surface area contributed by atoms with E-state index in [-0.39, 0.29) is 17.9 Å². The number of halogens is 2. The molecule has 28 heavy (non-hydrogen) atoms. The third kappa shape index (κ3) is 5.00. The Labute approximate surface area is 165 Å². The van der Waals surface area contributed by atoms with Gasteiger partial charge in [0.2, 0.25) is 5.91 Å². The number of benzene rings is 1. The van der Waals surface area contributed by atoms with Crippen LogP contribution in [-0.2, 0) is 4.79 Å². The maximum absolute atomic E-state index is 13.4. The van der Waals surface area contributed by atoms with Crippen LogP contribution in [0, 0.1) is 17.6 Å². The van der Waals surface area contributed by atoms with Crippen molar-refractivity contribution in [2.75, 3.05) is 26.7 Å². The molecule has 154 valence electrons. The Morgan fingerprint density at radius 3 is 2.68 bits per heavy atom. The van der Waals surface area contributed by atoms with Gasteiger partial charge in [0.05, 0.1) is 0 Å². The Hall–Kier alpha value is -2.18. The molecule has 2 N–H and O–H groups in total. The van der Waals surface area contributed by atoms with E-state index in [0.29, 0.717) is 25.0 Å². The van der Waals surface area contributed by atoms with Crippen LogP contribution in [0.2, 0.25) is 0 Å². The maximum Gasteiger partial charge on any atom is 0.225 e. The van der Waals surface area contributed by atoms with Crippen molar-refractivity contribution < 1.29 is 13.6 Å². The van der Waals surface area contributed by atoms with E-state index in [2.05, 4.69) is 15.6 Å². The molecule has 0 aromatic heterocycles. The van der Waals surface area contributed by atoms with Crippen molar-refractivity contribution in [3.63, 3.8) is 0 Å². The van der Waals surface area contributed by atoms with Crippen LogP contribution in [0.1, 0.15) is 50.5 Å². The van der Waals surface area contributed by atoms with E-state index in [4.69, 9.17) is 0 Å². The van der Waals surface area contributed by atoms with Gasteiger partial charge in [-0.3, -0.25) is 9.79 Å². The van der Waals surface area contributed by atoms with Gasteiger partial charge in [-0.2, -0.15) is 0 Å². The molecule has 1 aliphatic carbocycles. The van der Waals surface area contributed by atoms with Crippen LogP contribution >= 0.6 is 0 Å². The monoisotopic (exact) mass is 392 g/mol. The highest BCUT2D eigenvalue weighted by atomic mass is 19.2. The smallest absolute Gasteiger partial charge is 0.225 e. The summed E-state index contributed by atoms with van der Waals surface area (Å²) in [5.74, 6) is -0.485. The number of amides is 1. The fourth-order valence-corrected chi connectivity index (χ4v) is 4.08. The molecule has 2 unspecified atom stereocenters. The van der Waals surface area contributed by atoms with E-state index in [9.17, 15) is 13.6 Å². The van der Waals surface area contributed by atoms with E-state index in [1.54, 1.807) is 13.1 Å². The minimum absolute atomic E-state index is 0.00216. The zero-order valence-electron chi connectivity index (χ0n) is 16.7. The fraction of sp³-hybridized carbons (Fsp3) is 0.619. The summed E-state index contributed by atoms with van der Waals surface area (Å²) in [4.78, 5) is 18.8. The zero-order valence-corrected chi connectivity index (χ0v) is 16.7. The van der Waals surface area contributed by atoms with Crippen LogP contribution in [0.4, 0.5) is 8.78 Å². The first-order chi connectivity index (χ1) is 13.5. The molecular formula is C21H30F2N4O. The van der Waals surface area contributed by atoms with Gasteiger partial charge in [-0.25, -0.2) is 8.78 Å². The molecule has 1 aliphatic heterocycles. The molecular weight excluding hydrogens is 362 g/mol. The first-order valence-corrected chi connectivity index (χ1v) is 10.2.